The molecule has 0 radical (unpaired) electrons. The Hall–Kier alpha value is -6.57. The van der Waals surface area contributed by atoms with Crippen LogP contribution in [0, 0.1) is 32.5 Å². The number of hydrogen-bond acceptors (Lipinski definition) is 9. The van der Waals surface area contributed by atoms with Crippen LogP contribution in [0.2, 0.25) is 0 Å². The van der Waals surface area contributed by atoms with E-state index in [1.165, 1.54) is 22.7 Å². The molecule has 4 aromatic heterocycles. The molecule has 3 N–H and O–H groups in total. The molecule has 0 spiro atoms. The first kappa shape index (κ1) is 49.8. The highest BCUT2D eigenvalue weighted by atomic mass is 79.9. The topological polar surface area (TPSA) is 140 Å². The predicted octanol–water partition coefficient (Wildman–Crippen LogP) is 12.8. The highest BCUT2D eigenvalue weighted by Crippen LogP contribution is 2.36. The number of imidazole rings is 2. The number of carbonyl (C=O) groups is 2. The molecule has 4 heterocycles. The van der Waals surface area contributed by atoms with Gasteiger partial charge in [-0.2, -0.15) is 31.4 Å². The van der Waals surface area contributed by atoms with Crippen LogP contribution in [0.3, 0.4) is 0 Å². The number of ketones is 1. The molecule has 0 atom stereocenters. The van der Waals surface area contributed by atoms with Crippen LogP contribution in [0.1, 0.15) is 95.2 Å². The number of aryl methyl sites for hydroxylation is 3. The molecule has 20 heteroatoms. The summed E-state index contributed by atoms with van der Waals surface area (Å²) in [6.45, 7) is 5.71. The van der Waals surface area contributed by atoms with Crippen LogP contribution in [-0.2, 0) is 0 Å². The van der Waals surface area contributed by atoms with Crippen molar-refractivity contribution in [3.8, 4) is 34.1 Å². The number of carbonyl (C=O) groups excluding carboxylic acids is 2. The van der Waals surface area contributed by atoms with Crippen molar-refractivity contribution in [2.75, 3.05) is 23.7 Å². The second-order valence-corrected chi connectivity index (χ2v) is 18.6. The highest BCUT2D eigenvalue weighted by Gasteiger charge is 2.29. The number of aromatic nitrogens is 6. The minimum atomic E-state index is -4.25. The molecule has 0 saturated heterocycles. The van der Waals surface area contributed by atoms with Gasteiger partial charge in [-0.15, -0.1) is 5.10 Å². The number of ether oxygens (including phenoxy) is 1. The molecular weight excluding hydrogens is 987 g/mol. The maximum atomic E-state index is 14.0. The second kappa shape index (κ2) is 20.8. The Morgan fingerprint density at radius 3 is 1.80 bits per heavy atom. The third-order valence-electron chi connectivity index (χ3n) is 11.7. The first-order chi connectivity index (χ1) is 33.3. The number of halogens is 8. The minimum absolute atomic E-state index is 0.0350. The van der Waals surface area contributed by atoms with Crippen LogP contribution in [0.15, 0.2) is 83.7 Å². The summed E-state index contributed by atoms with van der Waals surface area (Å²) in [5, 5.41) is 18.0. The van der Waals surface area contributed by atoms with E-state index in [-0.39, 0.29) is 55.3 Å². The van der Waals surface area contributed by atoms with Crippen molar-refractivity contribution in [2.24, 2.45) is 5.92 Å². The van der Waals surface area contributed by atoms with Crippen LogP contribution in [-0.4, -0.2) is 72.4 Å². The Balaban J connectivity index is 0.000000193. The molecule has 7 aromatic rings. The number of hydrogen-bond donors (Lipinski definition) is 3. The smallest absolute Gasteiger partial charge is 0.389 e. The van der Waals surface area contributed by atoms with E-state index in [1.54, 1.807) is 48.1 Å². The van der Waals surface area contributed by atoms with Gasteiger partial charge >= 0.3 is 12.4 Å². The first-order valence-corrected chi connectivity index (χ1v) is 23.6. The summed E-state index contributed by atoms with van der Waals surface area (Å²) in [5.74, 6) is 0.421. The number of benzene rings is 3. The molecule has 70 heavy (non-hydrogen) atoms. The second-order valence-electron chi connectivity index (χ2n) is 17.8. The van der Waals surface area contributed by atoms with E-state index >= 15 is 0 Å². The largest absolute Gasteiger partial charge is 0.437 e. The fourth-order valence-electron chi connectivity index (χ4n) is 7.89. The van der Waals surface area contributed by atoms with Crippen molar-refractivity contribution in [3.63, 3.8) is 0 Å². The van der Waals surface area contributed by atoms with Crippen LogP contribution in [0.5, 0.6) is 11.6 Å². The monoisotopic (exact) mass is 1040 g/mol. The van der Waals surface area contributed by atoms with Gasteiger partial charge in [0.1, 0.15) is 16.2 Å². The van der Waals surface area contributed by atoms with E-state index in [1.807, 2.05) is 38.1 Å². The average Bonchev–Trinajstić information content (AvgIpc) is 4.19. The number of alkyl halides is 6. The molecule has 2 aliphatic rings. The van der Waals surface area contributed by atoms with Gasteiger partial charge in [0.25, 0.3) is 5.91 Å². The molecule has 368 valence electrons. The Kier molecular flexibility index (Phi) is 14.8. The van der Waals surface area contributed by atoms with Gasteiger partial charge < -0.3 is 20.7 Å². The lowest BCUT2D eigenvalue weighted by Crippen LogP contribution is -2.26. The van der Waals surface area contributed by atoms with Gasteiger partial charge in [0.2, 0.25) is 5.88 Å². The summed E-state index contributed by atoms with van der Waals surface area (Å²) in [4.78, 5) is 33.9. The zero-order chi connectivity index (χ0) is 49.9. The van der Waals surface area contributed by atoms with Crippen molar-refractivity contribution in [3.05, 3.63) is 117 Å². The van der Waals surface area contributed by atoms with Crippen molar-refractivity contribution in [2.45, 2.75) is 97.0 Å². The van der Waals surface area contributed by atoms with Crippen molar-refractivity contribution in [1.29, 1.82) is 0 Å². The SMILES string of the molecule is Cc1cc(-c2cnc3c(NCCCC(F)(F)F)cc(Br)nn23)ccc1C(=O)NC1CC1.Cc1cc(F)cc(Oc2cc(NCCCC(F)(F)F)c3ncc(-c4ccc(C(=O)CC5CC5)c(C)c4)n3n2)c1. The summed E-state index contributed by atoms with van der Waals surface area (Å²) in [6.07, 6.45) is -2.26. The standard InChI is InChI=1S/C29H28F4N4O2.C21H21BrF3N5O/c1-17-10-21(30)14-22(11-17)39-27-15-24(34-9-3-8-29(31,32)33)28-35-16-25(37(28)36-27)20-6-7-23(18(2)12-20)26(38)13-19-4-5-19;1-12-9-13(3-6-15(12)20(31)28-14-4-5-14)17-11-27-19-16(10-18(22)29-30(17)19)26-8-2-7-21(23,24)25/h6-7,10-12,14-16,19,34H,3-5,8-9,13H2,1-2H3;3,6,9-11,14,26H,2,4-5,7-8H2,1H3,(H,28,31). The van der Waals surface area contributed by atoms with E-state index in [4.69, 9.17) is 4.74 Å². The van der Waals surface area contributed by atoms with Crippen LogP contribution in [0.25, 0.3) is 33.8 Å². The molecule has 3 aromatic carbocycles. The van der Waals surface area contributed by atoms with Gasteiger partial charge in [0.05, 0.1) is 35.2 Å². The van der Waals surface area contributed by atoms with Crippen molar-refractivity contribution >= 4 is 50.3 Å². The molecule has 9 rings (SSSR count). The number of nitrogens with zero attached hydrogens (tertiary/aromatic N) is 6. The molecule has 12 nitrogen and oxygen atoms in total. The Morgan fingerprint density at radius 2 is 1.27 bits per heavy atom. The molecule has 1 amide bonds. The van der Waals surface area contributed by atoms with Crippen LogP contribution < -0.4 is 20.7 Å². The van der Waals surface area contributed by atoms with Crippen LogP contribution >= 0.6 is 15.9 Å². The first-order valence-electron chi connectivity index (χ1n) is 22.8. The maximum absolute atomic E-state index is 14.0. The fraction of sp³-hybridized carbons (Fsp3) is 0.360. The molecule has 2 saturated carbocycles. The molecule has 0 aliphatic heterocycles. The van der Waals surface area contributed by atoms with Crippen molar-refractivity contribution in [1.82, 2.24) is 34.5 Å². The zero-order valence-electron chi connectivity index (χ0n) is 38.4. The van der Waals surface area contributed by atoms with E-state index in [2.05, 4.69) is 52.0 Å². The quantitative estimate of drug-likeness (QED) is 0.0462. The molecule has 0 unspecified atom stereocenters. The Bertz CT molecular complexity index is 3030. The minimum Gasteiger partial charge on any atom is -0.437 e. The fourth-order valence-corrected chi connectivity index (χ4v) is 8.28. The third kappa shape index (κ3) is 13.0. The van der Waals surface area contributed by atoms with Gasteiger partial charge in [-0.1, -0.05) is 18.2 Å². The van der Waals surface area contributed by atoms with E-state index < -0.39 is 31.0 Å². The van der Waals surface area contributed by atoms with E-state index in [0.717, 1.165) is 47.9 Å². The number of Topliss-reactive ketones (excluding diaryl/α,β-unsaturated/α-hetero) is 1. The van der Waals surface area contributed by atoms with Gasteiger partial charge in [0.15, 0.2) is 17.1 Å². The highest BCUT2D eigenvalue weighted by molar-refractivity contribution is 9.10. The van der Waals surface area contributed by atoms with Crippen molar-refractivity contribution < 1.29 is 45.1 Å². The number of rotatable bonds is 17. The third-order valence-corrected chi connectivity index (χ3v) is 12.1. The van der Waals surface area contributed by atoms with Gasteiger partial charge in [-0.3, -0.25) is 9.59 Å². The zero-order valence-corrected chi connectivity index (χ0v) is 40.0. The summed E-state index contributed by atoms with van der Waals surface area (Å²) in [7, 11) is 0. The molecular formula is C50H49BrF7N9O3. The molecule has 2 fully saturated rings. The summed E-state index contributed by atoms with van der Waals surface area (Å²) in [5.41, 5.74) is 8.49. The lowest BCUT2D eigenvalue weighted by atomic mass is 9.98. The van der Waals surface area contributed by atoms with E-state index in [9.17, 15) is 40.3 Å². The molecule has 0 bridgehead atoms. The lowest BCUT2D eigenvalue weighted by molar-refractivity contribution is -0.135. The average molecular weight is 1040 g/mol. The number of nitrogens with one attached hydrogen (secondary N) is 3. The summed E-state index contributed by atoms with van der Waals surface area (Å²) in [6, 6.07) is 18.8. The van der Waals surface area contributed by atoms with E-state index in [0.29, 0.717) is 67.7 Å². The number of fused-ring (bicyclic) bond motifs is 2. The van der Waals surface area contributed by atoms with Crippen LogP contribution in [0.4, 0.5) is 42.1 Å². The Morgan fingerprint density at radius 1 is 0.714 bits per heavy atom. The normalized spacial score (nSPS) is 13.8. The van der Waals surface area contributed by atoms with Gasteiger partial charge in [-0.25, -0.2) is 23.4 Å². The Labute approximate surface area is 406 Å². The molecule has 2 aliphatic carbocycles. The summed E-state index contributed by atoms with van der Waals surface area (Å²) < 4.78 is 98.6. The lowest BCUT2D eigenvalue weighted by Gasteiger charge is -2.13. The summed E-state index contributed by atoms with van der Waals surface area (Å²) >= 11 is 3.36. The van der Waals surface area contributed by atoms with Gasteiger partial charge in [0, 0.05) is 72.8 Å². The maximum Gasteiger partial charge on any atom is 0.389 e. The number of anilines is 2. The van der Waals surface area contributed by atoms with Gasteiger partial charge in [-0.05, 0) is 134 Å². The number of amides is 1. The predicted molar refractivity (Wildman–Crippen MR) is 255 cm³/mol.